The zero-order chi connectivity index (χ0) is 15.8. The van der Waals surface area contributed by atoms with Gasteiger partial charge < -0.3 is 19.9 Å². The Morgan fingerprint density at radius 2 is 1.81 bits per heavy atom. The summed E-state index contributed by atoms with van der Waals surface area (Å²) in [5.74, 6) is 2.03. The van der Waals surface area contributed by atoms with E-state index in [1.165, 1.54) is 0 Å². The van der Waals surface area contributed by atoms with E-state index in [1.807, 2.05) is 18.4 Å². The van der Waals surface area contributed by atoms with E-state index in [2.05, 4.69) is 19.2 Å². The number of benzene rings is 1. The first-order valence-corrected chi connectivity index (χ1v) is 8.41. The number of rotatable bonds is 9. The van der Waals surface area contributed by atoms with Gasteiger partial charge in [0.15, 0.2) is 11.5 Å². The molecule has 0 amide bonds. The second-order valence-corrected chi connectivity index (χ2v) is 6.26. The highest BCUT2D eigenvalue weighted by Gasteiger charge is 2.13. The van der Waals surface area contributed by atoms with Crippen LogP contribution in [0.1, 0.15) is 25.8 Å². The van der Waals surface area contributed by atoms with Crippen LogP contribution in [0.4, 0.5) is 0 Å². The molecule has 1 atom stereocenters. The van der Waals surface area contributed by atoms with E-state index in [0.717, 1.165) is 28.4 Å². The summed E-state index contributed by atoms with van der Waals surface area (Å²) in [6.07, 6.45) is 3.00. The van der Waals surface area contributed by atoms with Crippen molar-refractivity contribution in [3.05, 3.63) is 17.7 Å². The minimum absolute atomic E-state index is 0.118. The molecule has 0 heterocycles. The summed E-state index contributed by atoms with van der Waals surface area (Å²) in [4.78, 5) is 1.15. The fourth-order valence-corrected chi connectivity index (χ4v) is 2.89. The summed E-state index contributed by atoms with van der Waals surface area (Å²) in [5.41, 5.74) is 1.15. The van der Waals surface area contributed by atoms with E-state index in [4.69, 9.17) is 9.47 Å². The molecule has 0 spiro atoms. The van der Waals surface area contributed by atoms with Crippen molar-refractivity contribution < 1.29 is 14.6 Å². The summed E-state index contributed by atoms with van der Waals surface area (Å²) < 4.78 is 10.7. The van der Waals surface area contributed by atoms with E-state index < -0.39 is 0 Å². The number of aliphatic hydroxyl groups is 1. The van der Waals surface area contributed by atoms with Crippen LogP contribution < -0.4 is 14.8 Å². The van der Waals surface area contributed by atoms with E-state index in [9.17, 15) is 5.11 Å². The summed E-state index contributed by atoms with van der Waals surface area (Å²) >= 11 is 1.68. The molecule has 1 aromatic carbocycles. The average Bonchev–Trinajstić information content (AvgIpc) is 2.49. The van der Waals surface area contributed by atoms with Gasteiger partial charge >= 0.3 is 0 Å². The molecule has 4 nitrogen and oxygen atoms in total. The first-order chi connectivity index (χ1) is 10.0. The molecule has 0 aliphatic heterocycles. The maximum Gasteiger partial charge on any atom is 0.161 e. The van der Waals surface area contributed by atoms with Crippen LogP contribution in [0.25, 0.3) is 0 Å². The lowest BCUT2D eigenvalue weighted by molar-refractivity contribution is 0.223. The van der Waals surface area contributed by atoms with Crippen LogP contribution in [-0.2, 0) is 6.54 Å². The Labute approximate surface area is 132 Å². The molecule has 0 aliphatic rings. The largest absolute Gasteiger partial charge is 0.493 e. The van der Waals surface area contributed by atoms with Crippen molar-refractivity contribution in [2.75, 3.05) is 27.1 Å². The monoisotopic (exact) mass is 313 g/mol. The molecule has 5 heteroatoms. The molecular formula is C16H27NO3S. The number of methoxy groups -OCH3 is 2. The van der Waals surface area contributed by atoms with Gasteiger partial charge in [-0.15, -0.1) is 11.8 Å². The Kier molecular flexibility index (Phi) is 7.93. The SMILES string of the molecule is COc1cc(CNC(CO)CC(C)C)c(SC)cc1OC. The van der Waals surface area contributed by atoms with Gasteiger partial charge in [0.1, 0.15) is 0 Å². The Bertz CT molecular complexity index is 438. The zero-order valence-corrected chi connectivity index (χ0v) is 14.4. The van der Waals surface area contributed by atoms with Crippen LogP contribution in [0.15, 0.2) is 17.0 Å². The molecule has 0 fully saturated rings. The maximum atomic E-state index is 9.45. The lowest BCUT2D eigenvalue weighted by Crippen LogP contribution is -2.33. The fourth-order valence-electron chi connectivity index (χ4n) is 2.28. The van der Waals surface area contributed by atoms with Crippen LogP contribution in [0.3, 0.4) is 0 Å². The maximum absolute atomic E-state index is 9.45. The molecule has 0 aromatic heterocycles. The zero-order valence-electron chi connectivity index (χ0n) is 13.6. The lowest BCUT2D eigenvalue weighted by atomic mass is 10.0. The molecule has 1 aromatic rings. The highest BCUT2D eigenvalue weighted by molar-refractivity contribution is 7.98. The van der Waals surface area contributed by atoms with Gasteiger partial charge in [0.25, 0.3) is 0 Å². The van der Waals surface area contributed by atoms with Crippen LogP contribution in [0.5, 0.6) is 11.5 Å². The number of hydrogen-bond donors (Lipinski definition) is 2. The fraction of sp³-hybridized carbons (Fsp3) is 0.625. The van der Waals surface area contributed by atoms with Crippen molar-refractivity contribution in [1.29, 1.82) is 0 Å². The van der Waals surface area contributed by atoms with Crippen molar-refractivity contribution in [2.45, 2.75) is 37.8 Å². The first kappa shape index (κ1) is 18.1. The van der Waals surface area contributed by atoms with Crippen molar-refractivity contribution in [2.24, 2.45) is 5.92 Å². The molecule has 0 bridgehead atoms. The smallest absolute Gasteiger partial charge is 0.161 e. The predicted molar refractivity (Wildman–Crippen MR) is 88.5 cm³/mol. The van der Waals surface area contributed by atoms with Gasteiger partial charge in [0, 0.05) is 17.5 Å². The van der Waals surface area contributed by atoms with Crippen molar-refractivity contribution in [3.63, 3.8) is 0 Å². The van der Waals surface area contributed by atoms with Crippen LogP contribution in [0, 0.1) is 5.92 Å². The van der Waals surface area contributed by atoms with Crippen LogP contribution in [0.2, 0.25) is 0 Å². The molecule has 1 unspecified atom stereocenters. The Hall–Kier alpha value is -0.910. The lowest BCUT2D eigenvalue weighted by Gasteiger charge is -2.20. The molecular weight excluding hydrogens is 286 g/mol. The third-order valence-corrected chi connectivity index (χ3v) is 4.16. The third kappa shape index (κ3) is 5.41. The number of thioether (sulfide) groups is 1. The van der Waals surface area contributed by atoms with Gasteiger partial charge in [-0.2, -0.15) is 0 Å². The predicted octanol–water partition coefficient (Wildman–Crippen LogP) is 2.92. The van der Waals surface area contributed by atoms with E-state index >= 15 is 0 Å². The van der Waals surface area contributed by atoms with Gasteiger partial charge in [-0.25, -0.2) is 0 Å². The minimum atomic E-state index is 0.118. The Morgan fingerprint density at radius 3 is 2.29 bits per heavy atom. The Morgan fingerprint density at radius 1 is 1.19 bits per heavy atom. The molecule has 21 heavy (non-hydrogen) atoms. The molecule has 120 valence electrons. The van der Waals surface area contributed by atoms with E-state index in [1.54, 1.807) is 26.0 Å². The van der Waals surface area contributed by atoms with Gasteiger partial charge in [-0.05, 0) is 36.3 Å². The second kappa shape index (κ2) is 9.18. The molecule has 0 saturated carbocycles. The molecule has 2 N–H and O–H groups in total. The average molecular weight is 313 g/mol. The second-order valence-electron chi connectivity index (χ2n) is 5.41. The number of aliphatic hydroxyl groups excluding tert-OH is 1. The standard InChI is InChI=1S/C16H27NO3S/c1-11(2)6-13(10-18)17-9-12-7-14(19-3)15(20-4)8-16(12)21-5/h7-8,11,13,17-18H,6,9-10H2,1-5H3. The summed E-state index contributed by atoms with van der Waals surface area (Å²) in [6, 6.07) is 4.12. The number of ether oxygens (including phenoxy) is 2. The van der Waals surface area contributed by atoms with E-state index in [0.29, 0.717) is 12.5 Å². The van der Waals surface area contributed by atoms with Crippen molar-refractivity contribution >= 4 is 11.8 Å². The summed E-state index contributed by atoms with van der Waals surface area (Å²) in [5, 5.41) is 12.9. The van der Waals surface area contributed by atoms with Crippen LogP contribution in [-0.4, -0.2) is 38.2 Å². The van der Waals surface area contributed by atoms with Gasteiger partial charge in [-0.1, -0.05) is 13.8 Å². The first-order valence-electron chi connectivity index (χ1n) is 7.18. The molecule has 0 aliphatic carbocycles. The van der Waals surface area contributed by atoms with Crippen molar-refractivity contribution in [1.82, 2.24) is 5.32 Å². The molecule has 0 saturated heterocycles. The highest BCUT2D eigenvalue weighted by atomic mass is 32.2. The van der Waals surface area contributed by atoms with Gasteiger partial charge in [-0.3, -0.25) is 0 Å². The normalized spacial score (nSPS) is 12.5. The van der Waals surface area contributed by atoms with Crippen molar-refractivity contribution in [3.8, 4) is 11.5 Å². The number of nitrogens with one attached hydrogen (secondary N) is 1. The summed E-state index contributed by atoms with van der Waals surface area (Å²) in [7, 11) is 3.29. The van der Waals surface area contributed by atoms with Gasteiger partial charge in [0.2, 0.25) is 0 Å². The Balaban J connectivity index is 2.86. The van der Waals surface area contributed by atoms with Gasteiger partial charge in [0.05, 0.1) is 20.8 Å². The molecule has 0 radical (unpaired) electrons. The highest BCUT2D eigenvalue weighted by Crippen LogP contribution is 2.34. The van der Waals surface area contributed by atoms with E-state index in [-0.39, 0.29) is 12.6 Å². The van der Waals surface area contributed by atoms with Crippen LogP contribution >= 0.6 is 11.8 Å². The quantitative estimate of drug-likeness (QED) is 0.687. The summed E-state index contributed by atoms with van der Waals surface area (Å²) in [6.45, 7) is 5.18. The topological polar surface area (TPSA) is 50.7 Å². The minimum Gasteiger partial charge on any atom is -0.493 e. The molecule has 1 rings (SSSR count). The number of hydrogen-bond acceptors (Lipinski definition) is 5. The third-order valence-electron chi connectivity index (χ3n) is 3.34.